The fourth-order valence-electron chi connectivity index (χ4n) is 1.98. The van der Waals surface area contributed by atoms with Gasteiger partial charge in [0.1, 0.15) is 0 Å². The number of rotatable bonds is 7. The van der Waals surface area contributed by atoms with Crippen molar-refractivity contribution in [2.75, 3.05) is 6.54 Å². The number of aliphatic hydroxyl groups is 1. The molecular formula is C13H25NO4. The van der Waals surface area contributed by atoms with Crippen LogP contribution in [0.1, 0.15) is 47.0 Å². The average molecular weight is 259 g/mol. The molecule has 106 valence electrons. The summed E-state index contributed by atoms with van der Waals surface area (Å²) in [6, 6.07) is 0. The predicted molar refractivity (Wildman–Crippen MR) is 69.1 cm³/mol. The number of carbonyl (C=O) groups is 2. The lowest BCUT2D eigenvalue weighted by molar-refractivity contribution is -0.147. The molecule has 5 heteroatoms. The third kappa shape index (κ3) is 8.98. The second-order valence-electron chi connectivity index (χ2n) is 6.07. The van der Waals surface area contributed by atoms with Gasteiger partial charge in [-0.3, -0.25) is 4.79 Å². The Morgan fingerprint density at radius 3 is 2.28 bits per heavy atom. The Bertz CT molecular complexity index is 283. The van der Waals surface area contributed by atoms with Gasteiger partial charge in [-0.2, -0.15) is 0 Å². The zero-order valence-electron chi connectivity index (χ0n) is 11.7. The fraction of sp³-hybridized carbons (Fsp3) is 0.846. The van der Waals surface area contributed by atoms with E-state index >= 15 is 0 Å². The highest BCUT2D eigenvalue weighted by Crippen LogP contribution is 2.25. The molecule has 0 aromatic carbocycles. The molecule has 0 bridgehead atoms. The molecule has 5 nitrogen and oxygen atoms in total. The van der Waals surface area contributed by atoms with Crippen LogP contribution in [0.4, 0.5) is 0 Å². The van der Waals surface area contributed by atoms with Gasteiger partial charge in [-0.1, -0.05) is 27.7 Å². The van der Waals surface area contributed by atoms with Crippen LogP contribution in [0.2, 0.25) is 0 Å². The van der Waals surface area contributed by atoms with Crippen molar-refractivity contribution in [3.8, 4) is 0 Å². The average Bonchev–Trinajstić information content (AvgIpc) is 2.13. The molecule has 0 fully saturated rings. The van der Waals surface area contributed by atoms with E-state index in [4.69, 9.17) is 10.2 Å². The number of aliphatic hydroxyl groups excluding tert-OH is 1. The van der Waals surface area contributed by atoms with Gasteiger partial charge < -0.3 is 15.5 Å². The number of carbonyl (C=O) groups excluding carboxylic acids is 1. The van der Waals surface area contributed by atoms with Gasteiger partial charge in [-0.25, -0.2) is 4.79 Å². The van der Waals surface area contributed by atoms with Gasteiger partial charge in [0.2, 0.25) is 5.91 Å². The SMILES string of the molecule is CC(CC(=O)NCC[C@H](O)C(=O)O)CC(C)(C)C. The maximum Gasteiger partial charge on any atom is 0.332 e. The molecule has 0 saturated carbocycles. The number of amides is 1. The van der Waals surface area contributed by atoms with Crippen molar-refractivity contribution < 1.29 is 19.8 Å². The molecule has 2 atom stereocenters. The number of aliphatic carboxylic acids is 1. The molecule has 1 unspecified atom stereocenters. The molecular weight excluding hydrogens is 234 g/mol. The Hall–Kier alpha value is -1.10. The summed E-state index contributed by atoms with van der Waals surface area (Å²) >= 11 is 0. The Morgan fingerprint density at radius 2 is 1.83 bits per heavy atom. The van der Waals surface area contributed by atoms with E-state index in [0.717, 1.165) is 6.42 Å². The van der Waals surface area contributed by atoms with Crippen LogP contribution < -0.4 is 5.32 Å². The highest BCUT2D eigenvalue weighted by molar-refractivity contribution is 5.76. The van der Waals surface area contributed by atoms with Crippen molar-refractivity contribution in [2.24, 2.45) is 11.3 Å². The fourth-order valence-corrected chi connectivity index (χ4v) is 1.98. The minimum absolute atomic E-state index is 0.0364. The lowest BCUT2D eigenvalue weighted by Gasteiger charge is -2.22. The van der Waals surface area contributed by atoms with E-state index in [2.05, 4.69) is 26.1 Å². The van der Waals surface area contributed by atoms with Crippen molar-refractivity contribution in [3.05, 3.63) is 0 Å². The van der Waals surface area contributed by atoms with Crippen LogP contribution in [0, 0.1) is 11.3 Å². The summed E-state index contributed by atoms with van der Waals surface area (Å²) in [6.45, 7) is 8.60. The Labute approximate surface area is 109 Å². The first-order valence-corrected chi connectivity index (χ1v) is 6.29. The highest BCUT2D eigenvalue weighted by atomic mass is 16.4. The summed E-state index contributed by atoms with van der Waals surface area (Å²) in [7, 11) is 0. The highest BCUT2D eigenvalue weighted by Gasteiger charge is 2.18. The van der Waals surface area contributed by atoms with Crippen molar-refractivity contribution in [3.63, 3.8) is 0 Å². The van der Waals surface area contributed by atoms with E-state index in [1.54, 1.807) is 0 Å². The molecule has 0 radical (unpaired) electrons. The zero-order chi connectivity index (χ0) is 14.3. The second kappa shape index (κ2) is 7.36. The van der Waals surface area contributed by atoms with Gasteiger partial charge in [-0.15, -0.1) is 0 Å². The Morgan fingerprint density at radius 1 is 1.28 bits per heavy atom. The van der Waals surface area contributed by atoms with Gasteiger partial charge in [0.15, 0.2) is 6.10 Å². The summed E-state index contributed by atoms with van der Waals surface area (Å²) in [5.41, 5.74) is 0.194. The molecule has 0 aliphatic heterocycles. The predicted octanol–water partition coefficient (Wildman–Crippen LogP) is 1.40. The lowest BCUT2D eigenvalue weighted by Crippen LogP contribution is -2.31. The summed E-state index contributed by atoms with van der Waals surface area (Å²) in [5.74, 6) is -1.07. The van der Waals surface area contributed by atoms with Crippen molar-refractivity contribution in [1.29, 1.82) is 0 Å². The van der Waals surface area contributed by atoms with Gasteiger partial charge in [0.25, 0.3) is 0 Å². The zero-order valence-corrected chi connectivity index (χ0v) is 11.7. The molecule has 0 rings (SSSR count). The molecule has 1 amide bonds. The minimum Gasteiger partial charge on any atom is -0.479 e. The van der Waals surface area contributed by atoms with Crippen LogP contribution in [0.5, 0.6) is 0 Å². The van der Waals surface area contributed by atoms with E-state index in [0.29, 0.717) is 6.42 Å². The van der Waals surface area contributed by atoms with Crippen LogP contribution >= 0.6 is 0 Å². The third-order valence-corrected chi connectivity index (χ3v) is 2.52. The molecule has 18 heavy (non-hydrogen) atoms. The topological polar surface area (TPSA) is 86.6 Å². The first kappa shape index (κ1) is 16.9. The largest absolute Gasteiger partial charge is 0.479 e. The molecule has 0 aliphatic carbocycles. The van der Waals surface area contributed by atoms with Crippen LogP contribution in [-0.2, 0) is 9.59 Å². The van der Waals surface area contributed by atoms with Crippen LogP contribution in [0.3, 0.4) is 0 Å². The standard InChI is InChI=1S/C13H25NO4/c1-9(8-13(2,3)4)7-11(16)14-6-5-10(15)12(17)18/h9-10,15H,5-8H2,1-4H3,(H,14,16)(H,17,18)/t9?,10-/m0/s1. The first-order chi connectivity index (χ1) is 8.11. The van der Waals surface area contributed by atoms with Crippen LogP contribution in [0.25, 0.3) is 0 Å². The molecule has 0 heterocycles. The number of nitrogens with one attached hydrogen (secondary N) is 1. The summed E-state index contributed by atoms with van der Waals surface area (Å²) in [5, 5.41) is 20.1. The second-order valence-corrected chi connectivity index (χ2v) is 6.07. The smallest absolute Gasteiger partial charge is 0.332 e. The molecule has 3 N–H and O–H groups in total. The maximum atomic E-state index is 11.6. The van der Waals surface area contributed by atoms with Crippen LogP contribution in [0.15, 0.2) is 0 Å². The molecule has 0 saturated heterocycles. The summed E-state index contributed by atoms with van der Waals surface area (Å²) < 4.78 is 0. The third-order valence-electron chi connectivity index (χ3n) is 2.52. The molecule has 0 aromatic rings. The van der Waals surface area contributed by atoms with E-state index in [-0.39, 0.29) is 30.2 Å². The monoisotopic (exact) mass is 259 g/mol. The van der Waals surface area contributed by atoms with Gasteiger partial charge in [-0.05, 0) is 17.8 Å². The lowest BCUT2D eigenvalue weighted by atomic mass is 9.84. The Kier molecular flexibility index (Phi) is 6.91. The Balaban J connectivity index is 3.81. The molecule has 0 aromatic heterocycles. The number of hydrogen-bond donors (Lipinski definition) is 3. The molecule has 0 spiro atoms. The summed E-state index contributed by atoms with van der Waals surface area (Å²) in [4.78, 5) is 21.9. The first-order valence-electron chi connectivity index (χ1n) is 6.29. The quantitative estimate of drug-likeness (QED) is 0.645. The number of carboxylic acid groups (broad SMARTS) is 1. The van der Waals surface area contributed by atoms with E-state index < -0.39 is 12.1 Å². The normalized spacial score (nSPS) is 14.9. The van der Waals surface area contributed by atoms with Crippen LogP contribution in [-0.4, -0.2) is 34.7 Å². The minimum atomic E-state index is -1.41. The van der Waals surface area contributed by atoms with Gasteiger partial charge >= 0.3 is 5.97 Å². The van der Waals surface area contributed by atoms with E-state index in [9.17, 15) is 9.59 Å². The van der Waals surface area contributed by atoms with Crippen molar-refractivity contribution in [2.45, 2.75) is 53.1 Å². The maximum absolute atomic E-state index is 11.6. The van der Waals surface area contributed by atoms with Gasteiger partial charge in [0.05, 0.1) is 0 Å². The number of hydrogen-bond acceptors (Lipinski definition) is 3. The number of carboxylic acids is 1. The van der Waals surface area contributed by atoms with E-state index in [1.807, 2.05) is 6.92 Å². The van der Waals surface area contributed by atoms with Crippen molar-refractivity contribution in [1.82, 2.24) is 5.32 Å². The molecule has 0 aliphatic rings. The summed E-state index contributed by atoms with van der Waals surface area (Å²) in [6.07, 6.45) is 0.0187. The van der Waals surface area contributed by atoms with Gasteiger partial charge in [0, 0.05) is 19.4 Å². The van der Waals surface area contributed by atoms with E-state index in [1.165, 1.54) is 0 Å². The van der Waals surface area contributed by atoms with Crippen molar-refractivity contribution >= 4 is 11.9 Å².